The van der Waals surface area contributed by atoms with Gasteiger partial charge in [-0.2, -0.15) is 4.39 Å². The van der Waals surface area contributed by atoms with Crippen LogP contribution in [0.1, 0.15) is 11.1 Å². The Morgan fingerprint density at radius 3 is 2.89 bits per heavy atom. The van der Waals surface area contributed by atoms with Gasteiger partial charge in [0.1, 0.15) is 0 Å². The summed E-state index contributed by atoms with van der Waals surface area (Å²) in [4.78, 5) is 9.96. The van der Waals surface area contributed by atoms with Crippen LogP contribution in [0, 0.1) is 15.9 Å². The van der Waals surface area contributed by atoms with Gasteiger partial charge in [-0.1, -0.05) is 12.1 Å². The summed E-state index contributed by atoms with van der Waals surface area (Å²) in [6.07, 6.45) is 3.71. The Bertz CT molecular complexity index is 595. The molecule has 5 nitrogen and oxygen atoms in total. The lowest BCUT2D eigenvalue weighted by atomic mass is 10.2. The number of nitrogens with zero attached hydrogens (tertiary/aromatic N) is 2. The number of benzene rings is 1. The Morgan fingerprint density at radius 2 is 2.21 bits per heavy atom. The fraction of sp³-hybridized carbons (Fsp3) is 0.231. The average molecular weight is 263 g/mol. The summed E-state index contributed by atoms with van der Waals surface area (Å²) < 4.78 is 15.7. The van der Waals surface area contributed by atoms with E-state index in [9.17, 15) is 14.5 Å². The minimum atomic E-state index is -0.767. The first kappa shape index (κ1) is 13.2. The van der Waals surface area contributed by atoms with Gasteiger partial charge in [-0.05, 0) is 18.7 Å². The molecule has 2 aromatic rings. The van der Waals surface area contributed by atoms with E-state index in [1.807, 2.05) is 25.5 Å². The third-order valence-corrected chi connectivity index (χ3v) is 2.80. The Hall–Kier alpha value is -2.21. The molecule has 0 atom stereocenters. The molecule has 2 rings (SSSR count). The first-order valence-electron chi connectivity index (χ1n) is 5.83. The highest BCUT2D eigenvalue weighted by atomic mass is 19.1. The maximum Gasteiger partial charge on any atom is 0.305 e. The molecule has 0 radical (unpaired) electrons. The number of hydrogen-bond donors (Lipinski definition) is 1. The third-order valence-electron chi connectivity index (χ3n) is 2.80. The lowest BCUT2D eigenvalue weighted by molar-refractivity contribution is -0.387. The van der Waals surface area contributed by atoms with Gasteiger partial charge < -0.3 is 9.88 Å². The minimum Gasteiger partial charge on any atom is -0.349 e. The molecule has 1 heterocycles. The molecule has 0 aliphatic rings. The summed E-state index contributed by atoms with van der Waals surface area (Å²) >= 11 is 0. The van der Waals surface area contributed by atoms with E-state index in [1.54, 1.807) is 10.6 Å². The van der Waals surface area contributed by atoms with Crippen molar-refractivity contribution < 1.29 is 9.31 Å². The van der Waals surface area contributed by atoms with Crippen LogP contribution in [0.4, 0.5) is 10.1 Å². The average Bonchev–Trinajstić information content (AvgIpc) is 2.79. The predicted molar refractivity (Wildman–Crippen MR) is 69.4 cm³/mol. The van der Waals surface area contributed by atoms with Crippen LogP contribution >= 0.6 is 0 Å². The second-order valence-corrected chi connectivity index (χ2v) is 4.23. The topological polar surface area (TPSA) is 60.1 Å². The van der Waals surface area contributed by atoms with Crippen molar-refractivity contribution in [3.63, 3.8) is 0 Å². The number of rotatable bonds is 5. The van der Waals surface area contributed by atoms with E-state index in [4.69, 9.17) is 0 Å². The van der Waals surface area contributed by atoms with Crippen molar-refractivity contribution >= 4 is 5.69 Å². The van der Waals surface area contributed by atoms with Crippen LogP contribution in [0.25, 0.3) is 0 Å². The quantitative estimate of drug-likeness (QED) is 0.665. The van der Waals surface area contributed by atoms with E-state index in [1.165, 1.54) is 12.1 Å². The molecule has 0 saturated heterocycles. The molecule has 0 fully saturated rings. The van der Waals surface area contributed by atoms with Crippen molar-refractivity contribution in [2.75, 3.05) is 7.05 Å². The van der Waals surface area contributed by atoms with E-state index in [0.717, 1.165) is 12.1 Å². The molecule has 0 aliphatic carbocycles. The maximum absolute atomic E-state index is 13.9. The molecule has 1 N–H and O–H groups in total. The zero-order valence-electron chi connectivity index (χ0n) is 10.5. The molecule has 100 valence electrons. The Labute approximate surface area is 109 Å². The van der Waals surface area contributed by atoms with E-state index in [0.29, 0.717) is 5.56 Å². The van der Waals surface area contributed by atoms with Crippen molar-refractivity contribution in [1.29, 1.82) is 0 Å². The van der Waals surface area contributed by atoms with Gasteiger partial charge in [-0.3, -0.25) is 10.1 Å². The summed E-state index contributed by atoms with van der Waals surface area (Å²) in [7, 11) is 1.84. The second-order valence-electron chi connectivity index (χ2n) is 4.23. The zero-order chi connectivity index (χ0) is 13.8. The minimum absolute atomic E-state index is 0.275. The van der Waals surface area contributed by atoms with Crippen LogP contribution in [-0.4, -0.2) is 16.5 Å². The van der Waals surface area contributed by atoms with Crippen LogP contribution in [0.2, 0.25) is 0 Å². The van der Waals surface area contributed by atoms with Crippen molar-refractivity contribution in [2.24, 2.45) is 0 Å². The molecule has 0 amide bonds. The fourth-order valence-electron chi connectivity index (χ4n) is 1.92. The zero-order valence-corrected chi connectivity index (χ0v) is 10.5. The number of aromatic nitrogens is 1. The molecule has 1 aromatic heterocycles. The summed E-state index contributed by atoms with van der Waals surface area (Å²) in [5.41, 5.74) is 0.897. The molecular formula is C13H14FN3O2. The fourth-order valence-corrected chi connectivity index (χ4v) is 1.92. The lowest BCUT2D eigenvalue weighted by Gasteiger charge is -2.05. The number of hydrogen-bond acceptors (Lipinski definition) is 3. The lowest BCUT2D eigenvalue weighted by Crippen LogP contribution is -2.05. The van der Waals surface area contributed by atoms with E-state index < -0.39 is 16.4 Å². The number of nitro benzene ring substituents is 1. The van der Waals surface area contributed by atoms with Crippen LogP contribution < -0.4 is 5.32 Å². The first-order valence-corrected chi connectivity index (χ1v) is 5.83. The summed E-state index contributed by atoms with van der Waals surface area (Å²) in [6, 6.07) is 6.14. The molecular weight excluding hydrogens is 249 g/mol. The normalized spacial score (nSPS) is 10.6. The van der Waals surface area contributed by atoms with Crippen LogP contribution in [0.3, 0.4) is 0 Å². The van der Waals surface area contributed by atoms with Gasteiger partial charge in [-0.25, -0.2) is 0 Å². The highest BCUT2D eigenvalue weighted by Crippen LogP contribution is 2.21. The van der Waals surface area contributed by atoms with Gasteiger partial charge in [0, 0.05) is 30.6 Å². The van der Waals surface area contributed by atoms with E-state index in [2.05, 4.69) is 5.32 Å². The molecule has 0 unspecified atom stereocenters. The molecule has 0 saturated carbocycles. The largest absolute Gasteiger partial charge is 0.349 e. The Balaban J connectivity index is 2.23. The predicted octanol–water partition coefficient (Wildman–Crippen LogP) is 2.30. The highest BCUT2D eigenvalue weighted by Gasteiger charge is 2.17. The van der Waals surface area contributed by atoms with Crippen molar-refractivity contribution in [3.8, 4) is 0 Å². The van der Waals surface area contributed by atoms with Gasteiger partial charge in [0.05, 0.1) is 11.5 Å². The summed E-state index contributed by atoms with van der Waals surface area (Å²) in [5.74, 6) is -0.767. The number of nitro groups is 1. The van der Waals surface area contributed by atoms with Gasteiger partial charge in [0.25, 0.3) is 0 Å². The Kier molecular flexibility index (Phi) is 3.91. The first-order chi connectivity index (χ1) is 9.11. The van der Waals surface area contributed by atoms with E-state index >= 15 is 0 Å². The van der Waals surface area contributed by atoms with Gasteiger partial charge in [0.2, 0.25) is 5.82 Å². The van der Waals surface area contributed by atoms with Crippen LogP contribution in [-0.2, 0) is 13.1 Å². The Morgan fingerprint density at radius 1 is 1.42 bits per heavy atom. The molecule has 6 heteroatoms. The SMILES string of the molecule is CNCc1ccn(Cc2cccc([N+](=O)[O-])c2F)c1. The monoisotopic (exact) mass is 263 g/mol. The number of nitrogens with one attached hydrogen (secondary N) is 1. The van der Waals surface area contributed by atoms with Crippen molar-refractivity contribution in [1.82, 2.24) is 9.88 Å². The molecule has 1 aromatic carbocycles. The standard InChI is InChI=1S/C13H14FN3O2/c1-15-7-10-5-6-16(8-10)9-11-3-2-4-12(13(11)14)17(18)19/h2-6,8,15H,7,9H2,1H3. The van der Waals surface area contributed by atoms with Gasteiger partial charge in [0.15, 0.2) is 0 Å². The van der Waals surface area contributed by atoms with Crippen LogP contribution in [0.5, 0.6) is 0 Å². The molecule has 0 spiro atoms. The highest BCUT2D eigenvalue weighted by molar-refractivity contribution is 5.37. The van der Waals surface area contributed by atoms with Crippen molar-refractivity contribution in [3.05, 3.63) is 63.7 Å². The van der Waals surface area contributed by atoms with Gasteiger partial charge in [-0.15, -0.1) is 0 Å². The smallest absolute Gasteiger partial charge is 0.305 e. The second kappa shape index (κ2) is 5.62. The van der Waals surface area contributed by atoms with Crippen LogP contribution in [0.15, 0.2) is 36.7 Å². The number of halogens is 1. The van der Waals surface area contributed by atoms with E-state index in [-0.39, 0.29) is 6.54 Å². The maximum atomic E-state index is 13.9. The van der Waals surface area contributed by atoms with Crippen molar-refractivity contribution in [2.45, 2.75) is 13.1 Å². The summed E-state index contributed by atoms with van der Waals surface area (Å²) in [6.45, 7) is 1.00. The third kappa shape index (κ3) is 2.97. The summed E-state index contributed by atoms with van der Waals surface area (Å²) in [5, 5.41) is 13.7. The van der Waals surface area contributed by atoms with Gasteiger partial charge >= 0.3 is 5.69 Å². The molecule has 0 aliphatic heterocycles. The molecule has 0 bridgehead atoms. The molecule has 19 heavy (non-hydrogen) atoms.